The summed E-state index contributed by atoms with van der Waals surface area (Å²) in [5.41, 5.74) is 7.41. The number of rotatable bonds is 8. The summed E-state index contributed by atoms with van der Waals surface area (Å²) in [5.74, 6) is -0.116. The van der Waals surface area contributed by atoms with Crippen LogP contribution in [0.5, 0.6) is 0 Å². The molecule has 6 atom stereocenters. The number of carbonyl (C=O) groups is 3. The maximum absolute atomic E-state index is 13.0. The highest BCUT2D eigenvalue weighted by atomic mass is 16.3. The number of aliphatic hydroxyl groups is 1. The number of nitrogens with two attached hydrogens (primary N) is 1. The van der Waals surface area contributed by atoms with E-state index in [1.54, 1.807) is 11.9 Å². The van der Waals surface area contributed by atoms with Gasteiger partial charge in [0.2, 0.25) is 17.7 Å². The van der Waals surface area contributed by atoms with Gasteiger partial charge in [0.25, 0.3) is 0 Å². The van der Waals surface area contributed by atoms with Crippen molar-refractivity contribution in [3.05, 3.63) is 36.0 Å². The van der Waals surface area contributed by atoms with Crippen LogP contribution in [0.4, 0.5) is 0 Å². The average molecular weight is 570 g/mol. The molecule has 0 radical (unpaired) electrons. The Labute approximate surface area is 245 Å². The van der Waals surface area contributed by atoms with Crippen LogP contribution in [0.2, 0.25) is 0 Å². The van der Waals surface area contributed by atoms with Gasteiger partial charge >= 0.3 is 0 Å². The minimum Gasteiger partial charge on any atom is -0.390 e. The van der Waals surface area contributed by atoms with Gasteiger partial charge in [0, 0.05) is 55.6 Å². The lowest BCUT2D eigenvalue weighted by atomic mass is 9.82. The van der Waals surface area contributed by atoms with Crippen LogP contribution in [0.15, 0.2) is 30.5 Å². The Balaban J connectivity index is 1.50. The van der Waals surface area contributed by atoms with Gasteiger partial charge in [0.15, 0.2) is 0 Å². The molecule has 3 rings (SSSR count). The number of aromatic nitrogens is 1. The minimum absolute atomic E-state index is 0.0172. The summed E-state index contributed by atoms with van der Waals surface area (Å²) in [6.45, 7) is 8.97. The molecule has 0 saturated carbocycles. The van der Waals surface area contributed by atoms with Gasteiger partial charge in [-0.15, -0.1) is 0 Å². The predicted molar refractivity (Wildman–Crippen MR) is 163 cm³/mol. The van der Waals surface area contributed by atoms with Crippen LogP contribution < -0.4 is 16.4 Å². The molecule has 1 aliphatic heterocycles. The summed E-state index contributed by atoms with van der Waals surface area (Å²) in [6.07, 6.45) is 6.62. The summed E-state index contributed by atoms with van der Waals surface area (Å²) >= 11 is 0. The number of benzene rings is 1. The van der Waals surface area contributed by atoms with Gasteiger partial charge in [-0.1, -0.05) is 39.0 Å². The normalized spacial score (nSPS) is 27.7. The average Bonchev–Trinajstić information content (AvgIpc) is 3.29. The Morgan fingerprint density at radius 3 is 2.63 bits per heavy atom. The lowest BCUT2D eigenvalue weighted by Crippen LogP contribution is -2.44. The number of fused-ring (bicyclic) bond motifs is 1. The number of aromatic amines is 1. The van der Waals surface area contributed by atoms with Crippen LogP contribution >= 0.6 is 0 Å². The molecule has 0 spiro atoms. The molecule has 2 heterocycles. The van der Waals surface area contributed by atoms with E-state index in [-0.39, 0.29) is 47.9 Å². The van der Waals surface area contributed by atoms with Gasteiger partial charge in [0.1, 0.15) is 0 Å². The number of nitrogens with zero attached hydrogens (tertiary/aromatic N) is 1. The number of para-hydroxylation sites is 1. The molecular weight excluding hydrogens is 518 g/mol. The molecule has 1 aliphatic rings. The number of amides is 3. The van der Waals surface area contributed by atoms with Gasteiger partial charge < -0.3 is 31.4 Å². The fraction of sp³-hybridized carbons (Fsp3) is 0.656. The number of nitrogens with one attached hydrogen (secondary N) is 3. The van der Waals surface area contributed by atoms with Crippen molar-refractivity contribution in [3.8, 4) is 0 Å². The van der Waals surface area contributed by atoms with Crippen LogP contribution in [-0.2, 0) is 20.8 Å². The zero-order valence-corrected chi connectivity index (χ0v) is 25.5. The Kier molecular flexibility index (Phi) is 11.8. The van der Waals surface area contributed by atoms with Crippen molar-refractivity contribution >= 4 is 28.6 Å². The third-order valence-corrected chi connectivity index (χ3v) is 8.29. The maximum Gasteiger partial charge on any atom is 0.237 e. The second-order valence-electron chi connectivity index (χ2n) is 12.9. The summed E-state index contributed by atoms with van der Waals surface area (Å²) in [4.78, 5) is 43.6. The largest absolute Gasteiger partial charge is 0.390 e. The van der Waals surface area contributed by atoms with E-state index >= 15 is 0 Å². The predicted octanol–water partition coefficient (Wildman–Crippen LogP) is 3.50. The molecule has 6 N–H and O–H groups in total. The van der Waals surface area contributed by atoms with Crippen LogP contribution in [0.1, 0.15) is 78.2 Å². The molecule has 0 bridgehead atoms. The lowest BCUT2D eigenvalue weighted by molar-refractivity contribution is -0.132. The summed E-state index contributed by atoms with van der Waals surface area (Å²) in [6, 6.07) is 7.04. The van der Waals surface area contributed by atoms with E-state index in [1.165, 1.54) is 0 Å². The highest BCUT2D eigenvalue weighted by molar-refractivity contribution is 5.86. The summed E-state index contributed by atoms with van der Waals surface area (Å²) in [7, 11) is 1.79. The lowest BCUT2D eigenvalue weighted by Gasteiger charge is -2.33. The highest BCUT2D eigenvalue weighted by Crippen LogP contribution is 2.29. The van der Waals surface area contributed by atoms with Gasteiger partial charge in [-0.25, -0.2) is 0 Å². The SMILES string of the molecule is C[C@H]1C[C@@H](C)C(=O)N[C@@H](CCCCNC(=O)[C@@H](N)Cc2c[nH]c3ccccc23)CC(=O)N(C)C[C@H](C)C[C@@](C)(O)C1. The quantitative estimate of drug-likeness (QED) is 0.310. The smallest absolute Gasteiger partial charge is 0.237 e. The van der Waals surface area contributed by atoms with Crippen molar-refractivity contribution < 1.29 is 19.5 Å². The second kappa shape index (κ2) is 14.8. The zero-order valence-electron chi connectivity index (χ0n) is 25.5. The number of hydrogen-bond donors (Lipinski definition) is 5. The van der Waals surface area contributed by atoms with Gasteiger partial charge in [-0.3, -0.25) is 14.4 Å². The van der Waals surface area contributed by atoms with Crippen molar-refractivity contribution in [1.82, 2.24) is 20.5 Å². The van der Waals surface area contributed by atoms with Gasteiger partial charge in [-0.2, -0.15) is 0 Å². The van der Waals surface area contributed by atoms with E-state index < -0.39 is 11.6 Å². The maximum atomic E-state index is 13.0. The standard InChI is InChI=1S/C32H51N5O4/c1-21-14-23(3)30(39)36-25(16-29(38)37(5)20-22(2)18-32(4,41)17-21)10-8-9-13-34-31(40)27(33)15-24-19-35-28-12-7-6-11-26(24)28/h6-7,11-12,19,21-23,25,27,35,41H,8-10,13-18,20,33H2,1-5H3,(H,34,40)(H,36,39)/t21-,22+,23+,25-,27-,32-/m0/s1. The first-order valence-corrected chi connectivity index (χ1v) is 15.2. The van der Waals surface area contributed by atoms with E-state index in [1.807, 2.05) is 44.3 Å². The highest BCUT2D eigenvalue weighted by Gasteiger charge is 2.30. The molecule has 228 valence electrons. The molecule has 9 nitrogen and oxygen atoms in total. The van der Waals surface area contributed by atoms with E-state index in [4.69, 9.17) is 5.73 Å². The first-order valence-electron chi connectivity index (χ1n) is 15.2. The molecule has 2 aromatic rings. The number of carbonyl (C=O) groups excluding carboxylic acids is 3. The Morgan fingerprint density at radius 1 is 1.17 bits per heavy atom. The molecule has 1 aromatic heterocycles. The zero-order chi connectivity index (χ0) is 30.2. The third-order valence-electron chi connectivity index (χ3n) is 8.29. The molecular formula is C32H51N5O4. The van der Waals surface area contributed by atoms with E-state index in [0.29, 0.717) is 45.2 Å². The summed E-state index contributed by atoms with van der Waals surface area (Å²) < 4.78 is 0. The molecule has 0 unspecified atom stereocenters. The number of hydrogen-bond acceptors (Lipinski definition) is 5. The molecule has 0 aliphatic carbocycles. The first-order chi connectivity index (χ1) is 19.3. The topological polar surface area (TPSA) is 141 Å². The van der Waals surface area contributed by atoms with Crippen LogP contribution in [-0.4, -0.2) is 70.5 Å². The Bertz CT molecular complexity index is 1130. The fourth-order valence-corrected chi connectivity index (χ4v) is 6.44. The molecule has 9 heteroatoms. The monoisotopic (exact) mass is 569 g/mol. The minimum atomic E-state index is -0.832. The summed E-state index contributed by atoms with van der Waals surface area (Å²) in [5, 5.41) is 18.1. The molecule has 3 amide bonds. The van der Waals surface area contributed by atoms with Crippen LogP contribution in [0.25, 0.3) is 10.9 Å². The molecule has 1 fully saturated rings. The fourth-order valence-electron chi connectivity index (χ4n) is 6.44. The van der Waals surface area contributed by atoms with Crippen LogP contribution in [0, 0.1) is 17.8 Å². The molecule has 41 heavy (non-hydrogen) atoms. The van der Waals surface area contributed by atoms with Gasteiger partial charge in [0.05, 0.1) is 11.6 Å². The molecule has 1 saturated heterocycles. The van der Waals surface area contributed by atoms with Crippen molar-refractivity contribution in [2.75, 3.05) is 20.1 Å². The second-order valence-corrected chi connectivity index (χ2v) is 12.9. The van der Waals surface area contributed by atoms with Gasteiger partial charge in [-0.05, 0) is 75.3 Å². The van der Waals surface area contributed by atoms with Crippen molar-refractivity contribution in [3.63, 3.8) is 0 Å². The van der Waals surface area contributed by atoms with Crippen molar-refractivity contribution in [2.24, 2.45) is 23.5 Å². The first kappa shape index (κ1) is 32.6. The number of H-pyrrole nitrogens is 1. The Hall–Kier alpha value is -2.91. The van der Waals surface area contributed by atoms with E-state index in [2.05, 4.69) is 29.5 Å². The van der Waals surface area contributed by atoms with E-state index in [0.717, 1.165) is 29.3 Å². The van der Waals surface area contributed by atoms with Crippen molar-refractivity contribution in [1.29, 1.82) is 0 Å². The van der Waals surface area contributed by atoms with Crippen molar-refractivity contribution in [2.45, 2.75) is 96.7 Å². The van der Waals surface area contributed by atoms with E-state index in [9.17, 15) is 19.5 Å². The third kappa shape index (κ3) is 10.1. The number of unbranched alkanes of at least 4 members (excludes halogenated alkanes) is 1. The molecule has 1 aromatic carbocycles. The van der Waals surface area contributed by atoms with Crippen LogP contribution in [0.3, 0.4) is 0 Å². The Morgan fingerprint density at radius 2 is 1.88 bits per heavy atom.